The summed E-state index contributed by atoms with van der Waals surface area (Å²) in [7, 11) is 0.561. The maximum atomic E-state index is 9.67. The Kier molecular flexibility index (Phi) is 31.9. The SMILES string of the molecule is C.C.CCCCCCN1C=CN(C)C1.CCCCCCN1C=CN(C)C1.ClC(c1ccccc1)(c1ccccc1)c1ccccc1.FB(F)F.[Cl-].[F-]. The number of unbranched alkanes of at least 4 members (excludes halogenated alkanes) is 6. The average Bonchev–Trinajstić information content (AvgIpc) is 3.73. The molecule has 294 valence electrons. The first kappa shape index (κ1) is 53.1. The Labute approximate surface area is 325 Å². The monoisotopic (exact) mass is 768 g/mol. The predicted molar refractivity (Wildman–Crippen MR) is 213 cm³/mol. The van der Waals surface area contributed by atoms with Gasteiger partial charge in [-0.2, -0.15) is 0 Å². The molecule has 0 aromatic heterocycles. The molecule has 4 nitrogen and oxygen atoms in total. The zero-order valence-corrected chi connectivity index (χ0v) is 31.6. The Morgan fingerprint density at radius 1 is 0.558 bits per heavy atom. The van der Waals surface area contributed by atoms with Crippen LogP contribution in [0.25, 0.3) is 0 Å². The lowest BCUT2D eigenvalue weighted by molar-refractivity contribution is -0.00100. The third-order valence-electron chi connectivity index (χ3n) is 7.99. The topological polar surface area (TPSA) is 13.0 Å². The highest BCUT2D eigenvalue weighted by Gasteiger charge is 2.33. The molecule has 2 aliphatic heterocycles. The molecule has 2 heterocycles. The second-order valence-corrected chi connectivity index (χ2v) is 12.7. The van der Waals surface area contributed by atoms with Crippen LogP contribution >= 0.6 is 11.6 Å². The lowest BCUT2D eigenvalue weighted by Crippen LogP contribution is -3.00. The number of benzene rings is 3. The van der Waals surface area contributed by atoms with Gasteiger partial charge in [0.15, 0.2) is 0 Å². The van der Waals surface area contributed by atoms with E-state index in [1.54, 1.807) is 0 Å². The van der Waals surface area contributed by atoms with Crippen molar-refractivity contribution in [3.05, 3.63) is 132 Å². The molecule has 3 aromatic rings. The van der Waals surface area contributed by atoms with Gasteiger partial charge in [-0.05, 0) is 29.5 Å². The van der Waals surface area contributed by atoms with Crippen LogP contribution in [0.15, 0.2) is 116 Å². The summed E-state index contributed by atoms with van der Waals surface area (Å²) < 4.78 is 29.0. The van der Waals surface area contributed by atoms with Gasteiger partial charge in [0.25, 0.3) is 0 Å². The van der Waals surface area contributed by atoms with Crippen LogP contribution in [0.3, 0.4) is 0 Å². The molecule has 0 N–H and O–H groups in total. The summed E-state index contributed by atoms with van der Waals surface area (Å²) in [6.45, 7) is 9.10. The summed E-state index contributed by atoms with van der Waals surface area (Å²) >= 11 is 7.12. The highest BCUT2D eigenvalue weighted by molar-refractivity contribution is 6.33. The van der Waals surface area contributed by atoms with Crippen molar-refractivity contribution in [2.45, 2.75) is 84.9 Å². The van der Waals surface area contributed by atoms with Gasteiger partial charge in [-0.15, -0.1) is 11.6 Å². The van der Waals surface area contributed by atoms with Crippen molar-refractivity contribution in [3.8, 4) is 0 Å². The number of halogens is 6. The predicted octanol–water partition coefficient (Wildman–Crippen LogP) is 5.86. The smallest absolute Gasteiger partial charge is 0.762 e. The molecule has 0 amide bonds. The van der Waals surface area contributed by atoms with Crippen molar-refractivity contribution in [2.24, 2.45) is 0 Å². The lowest BCUT2D eigenvalue weighted by atomic mass is 9.84. The van der Waals surface area contributed by atoms with Crippen molar-refractivity contribution in [1.82, 2.24) is 19.6 Å². The molecule has 2 aliphatic rings. The molecule has 0 unspecified atom stereocenters. The first-order valence-corrected chi connectivity index (χ1v) is 17.6. The number of nitrogens with zero attached hydrogens (tertiary/aromatic N) is 4. The molecule has 0 saturated heterocycles. The normalized spacial score (nSPS) is 12.3. The van der Waals surface area contributed by atoms with E-state index in [1.807, 2.05) is 54.6 Å². The van der Waals surface area contributed by atoms with Crippen LogP contribution in [0.5, 0.6) is 0 Å². The zero-order chi connectivity index (χ0) is 35.0. The summed E-state index contributed by atoms with van der Waals surface area (Å²) in [5.41, 5.74) is 3.25. The largest absolute Gasteiger partial charge is 1.00 e. The second kappa shape index (κ2) is 31.3. The van der Waals surface area contributed by atoms with E-state index in [0.717, 1.165) is 30.0 Å². The molecule has 0 atom stereocenters. The van der Waals surface area contributed by atoms with E-state index in [4.69, 9.17) is 11.6 Å². The number of alkyl halides is 1. The minimum atomic E-state index is -3.67. The van der Waals surface area contributed by atoms with E-state index in [1.165, 1.54) is 64.5 Å². The fourth-order valence-electron chi connectivity index (χ4n) is 5.46. The van der Waals surface area contributed by atoms with Crippen LogP contribution in [0, 0.1) is 0 Å². The fraction of sp³-hybridized carbons (Fsp3) is 0.463. The van der Waals surface area contributed by atoms with Gasteiger partial charge in [-0.1, -0.05) is 158 Å². The number of hydrogen-bond acceptors (Lipinski definition) is 4. The summed E-state index contributed by atoms with van der Waals surface area (Å²) in [6, 6.07) is 30.6. The molecule has 0 bridgehead atoms. The van der Waals surface area contributed by atoms with Crippen LogP contribution in [-0.2, 0) is 4.87 Å². The minimum Gasteiger partial charge on any atom is -1.00 e. The highest BCUT2D eigenvalue weighted by atomic mass is 35.5. The van der Waals surface area contributed by atoms with Crippen molar-refractivity contribution in [1.29, 1.82) is 0 Å². The van der Waals surface area contributed by atoms with Crippen molar-refractivity contribution in [3.63, 3.8) is 0 Å². The first-order chi connectivity index (χ1) is 23.2. The fourth-order valence-corrected chi connectivity index (χ4v) is 5.83. The zero-order valence-electron chi connectivity index (χ0n) is 30.1. The van der Waals surface area contributed by atoms with Gasteiger partial charge in [0.05, 0.1) is 13.3 Å². The molecule has 0 saturated carbocycles. The average molecular weight is 770 g/mol. The molecular formula is C41H63BCl2F4N4-2. The van der Waals surface area contributed by atoms with E-state index >= 15 is 0 Å². The molecular weight excluding hydrogens is 706 g/mol. The standard InChI is InChI=1S/C19H15Cl.2C10H20N2.2CH4.BF3.ClH.FH/c20-19(16-10-4-1-5-11-16,17-12-6-2-7-13-17)18-14-8-3-9-15-18;2*1-3-4-5-6-7-12-9-8-11(2)10-12;;;2-1(3)4;;/h1-15H;2*8-9H,3-7,10H2,1-2H3;2*1H4;;2*1H/p-2. The molecule has 11 heteroatoms. The molecule has 0 fully saturated rings. The van der Waals surface area contributed by atoms with Crippen molar-refractivity contribution >= 4 is 19.1 Å². The first-order valence-electron chi connectivity index (χ1n) is 17.2. The van der Waals surface area contributed by atoms with E-state index in [2.05, 4.69) is 109 Å². The highest BCUT2D eigenvalue weighted by Crippen LogP contribution is 2.42. The van der Waals surface area contributed by atoms with Crippen molar-refractivity contribution in [2.75, 3.05) is 40.5 Å². The second-order valence-electron chi connectivity index (χ2n) is 12.1. The quantitative estimate of drug-likeness (QED) is 0.0711. The van der Waals surface area contributed by atoms with Gasteiger partial charge in [-0.3, -0.25) is 12.9 Å². The number of hydrogen-bond donors (Lipinski definition) is 0. The minimum absolute atomic E-state index is 0. The van der Waals surface area contributed by atoms with Crippen LogP contribution in [0.2, 0.25) is 0 Å². The Morgan fingerprint density at radius 2 is 0.846 bits per heavy atom. The Bertz CT molecular complexity index is 1140. The van der Waals surface area contributed by atoms with Crippen LogP contribution in [0.1, 0.15) is 96.8 Å². The van der Waals surface area contributed by atoms with Gasteiger partial charge in [0.1, 0.15) is 4.87 Å². The summed E-state index contributed by atoms with van der Waals surface area (Å²) in [5, 5.41) is 0. The summed E-state index contributed by atoms with van der Waals surface area (Å²) in [5.74, 6) is 0. The molecule has 0 spiro atoms. The molecule has 3 aromatic carbocycles. The third kappa shape index (κ3) is 20.7. The summed E-state index contributed by atoms with van der Waals surface area (Å²) in [4.78, 5) is 8.51. The van der Waals surface area contributed by atoms with Crippen LogP contribution in [-0.4, -0.2) is 67.7 Å². The van der Waals surface area contributed by atoms with Gasteiger partial charge in [0.2, 0.25) is 0 Å². The Morgan fingerprint density at radius 3 is 1.08 bits per heavy atom. The van der Waals surface area contributed by atoms with Gasteiger partial charge in [0, 0.05) is 52.0 Å². The lowest BCUT2D eigenvalue weighted by Gasteiger charge is -2.29. The summed E-state index contributed by atoms with van der Waals surface area (Å²) in [6.07, 6.45) is 19.5. The van der Waals surface area contributed by atoms with Gasteiger partial charge >= 0.3 is 7.54 Å². The maximum absolute atomic E-state index is 9.67. The van der Waals surface area contributed by atoms with E-state index in [9.17, 15) is 12.9 Å². The van der Waals surface area contributed by atoms with Gasteiger partial charge < -0.3 is 36.7 Å². The molecule has 5 rings (SSSR count). The molecule has 52 heavy (non-hydrogen) atoms. The third-order valence-corrected chi connectivity index (χ3v) is 8.64. The van der Waals surface area contributed by atoms with Gasteiger partial charge in [-0.25, -0.2) is 0 Å². The maximum Gasteiger partial charge on any atom is 0.762 e. The van der Waals surface area contributed by atoms with E-state index < -0.39 is 12.4 Å². The number of rotatable bonds is 13. The molecule has 0 aliphatic carbocycles. The Balaban J connectivity index is -0.000000661. The van der Waals surface area contributed by atoms with Crippen molar-refractivity contribution < 1.29 is 30.1 Å². The molecule has 0 radical (unpaired) electrons. The van der Waals surface area contributed by atoms with Crippen LogP contribution in [0.4, 0.5) is 12.9 Å². The van der Waals surface area contributed by atoms with E-state index in [0.29, 0.717) is 0 Å². The van der Waals surface area contributed by atoms with E-state index in [-0.39, 0.29) is 32.0 Å². The Hall–Kier alpha value is -3.30. The van der Waals surface area contributed by atoms with Crippen LogP contribution < -0.4 is 17.1 Å².